The lowest BCUT2D eigenvalue weighted by atomic mass is 9.97. The molecule has 2 rings (SSSR count). The molecule has 0 saturated heterocycles. The number of anilines is 1. The molecule has 0 saturated carbocycles. The number of rotatable bonds is 7. The topological polar surface area (TPSA) is 58.5 Å². The molecule has 0 bridgehead atoms. The van der Waals surface area contributed by atoms with Crippen molar-refractivity contribution in [1.29, 1.82) is 0 Å². The van der Waals surface area contributed by atoms with Crippen molar-refractivity contribution in [2.24, 2.45) is 4.99 Å². The van der Waals surface area contributed by atoms with E-state index < -0.39 is 5.82 Å². The molecule has 0 aromatic heterocycles. The highest BCUT2D eigenvalue weighted by molar-refractivity contribution is 6.13. The molecule has 5 heteroatoms. The standard InChI is InChI=1S/C25H31FN2O2/c1-16-9-7-6-8-10-20(16)13-18(3)25(30)28-24-15-21(11-12-22(24)26)23(27-5)14-17(2)19(4)29/h11-12,14-15H,3,6-10,13H2,1-2,4-5H3,(H,28,30)/b17-14-,27-23?. The molecule has 1 aliphatic rings. The first kappa shape index (κ1) is 23.5. The second-order valence-corrected chi connectivity index (χ2v) is 7.87. The monoisotopic (exact) mass is 410 g/mol. The van der Waals surface area contributed by atoms with Gasteiger partial charge in [-0.15, -0.1) is 0 Å². The molecule has 0 heterocycles. The van der Waals surface area contributed by atoms with Gasteiger partial charge in [0, 0.05) is 18.2 Å². The van der Waals surface area contributed by atoms with Crippen LogP contribution in [-0.4, -0.2) is 24.4 Å². The van der Waals surface area contributed by atoms with E-state index in [9.17, 15) is 14.0 Å². The number of nitrogens with one attached hydrogen (secondary N) is 1. The molecule has 0 radical (unpaired) electrons. The third-order valence-corrected chi connectivity index (χ3v) is 5.54. The second kappa shape index (κ2) is 10.8. The predicted molar refractivity (Wildman–Crippen MR) is 121 cm³/mol. The minimum atomic E-state index is -0.535. The van der Waals surface area contributed by atoms with Gasteiger partial charge in [-0.3, -0.25) is 14.6 Å². The van der Waals surface area contributed by atoms with Crippen LogP contribution in [0.15, 0.2) is 58.1 Å². The number of hydrogen-bond donors (Lipinski definition) is 1. The summed E-state index contributed by atoms with van der Waals surface area (Å²) in [6.07, 6.45) is 7.74. The Bertz CT molecular complexity index is 938. The van der Waals surface area contributed by atoms with Gasteiger partial charge in [0.2, 0.25) is 0 Å². The molecule has 4 nitrogen and oxygen atoms in total. The third kappa shape index (κ3) is 6.34. The number of allylic oxidation sites excluding steroid dienone is 4. The van der Waals surface area contributed by atoms with Crippen molar-refractivity contribution in [1.82, 2.24) is 0 Å². The van der Waals surface area contributed by atoms with E-state index in [0.717, 1.165) is 19.3 Å². The van der Waals surface area contributed by atoms with E-state index in [0.29, 0.717) is 28.8 Å². The Kier molecular flexibility index (Phi) is 8.46. The fraction of sp³-hybridized carbons (Fsp3) is 0.400. The molecule has 1 aromatic carbocycles. The maximum absolute atomic E-state index is 14.4. The molecule has 1 aromatic rings. The maximum Gasteiger partial charge on any atom is 0.251 e. The number of halogens is 1. The second-order valence-electron chi connectivity index (χ2n) is 7.87. The minimum absolute atomic E-state index is 0.0637. The van der Waals surface area contributed by atoms with Crippen molar-refractivity contribution in [3.8, 4) is 0 Å². The predicted octanol–water partition coefficient (Wildman–Crippen LogP) is 5.95. The Hall–Kier alpha value is -2.82. The Balaban J connectivity index is 2.18. The van der Waals surface area contributed by atoms with Crippen LogP contribution >= 0.6 is 0 Å². The lowest BCUT2D eigenvalue weighted by molar-refractivity contribution is -0.114. The molecule has 1 aliphatic carbocycles. The Morgan fingerprint density at radius 3 is 2.57 bits per heavy atom. The summed E-state index contributed by atoms with van der Waals surface area (Å²) in [7, 11) is 1.60. The molecule has 0 unspecified atom stereocenters. The third-order valence-electron chi connectivity index (χ3n) is 5.54. The van der Waals surface area contributed by atoms with Crippen LogP contribution in [0.4, 0.5) is 10.1 Å². The summed E-state index contributed by atoms with van der Waals surface area (Å²) in [6, 6.07) is 4.39. The molecular formula is C25H31FN2O2. The SMILES string of the molecule is C=C(CC1=C(C)CCCCC1)C(=O)Nc1cc(C(/C=C(/C)C(C)=O)=NC)ccc1F. The average Bonchev–Trinajstić information content (AvgIpc) is 2.91. The molecule has 30 heavy (non-hydrogen) atoms. The number of carbonyl (C=O) groups is 2. The van der Waals surface area contributed by atoms with E-state index >= 15 is 0 Å². The van der Waals surface area contributed by atoms with Crippen LogP contribution in [0, 0.1) is 5.82 Å². The maximum atomic E-state index is 14.4. The van der Waals surface area contributed by atoms with Gasteiger partial charge in [0.1, 0.15) is 5.82 Å². The normalized spacial score (nSPS) is 15.6. The van der Waals surface area contributed by atoms with Crippen LogP contribution in [0.5, 0.6) is 0 Å². The van der Waals surface area contributed by atoms with Gasteiger partial charge in [-0.05, 0) is 82.7 Å². The highest BCUT2D eigenvalue weighted by Gasteiger charge is 2.16. The van der Waals surface area contributed by atoms with Gasteiger partial charge < -0.3 is 5.32 Å². The number of aliphatic imine (C=N–C) groups is 1. The Labute approximate surface area is 178 Å². The van der Waals surface area contributed by atoms with Crippen molar-refractivity contribution < 1.29 is 14.0 Å². The van der Waals surface area contributed by atoms with Gasteiger partial charge >= 0.3 is 0 Å². The summed E-state index contributed by atoms with van der Waals surface area (Å²) < 4.78 is 14.4. The summed E-state index contributed by atoms with van der Waals surface area (Å²) in [5, 5.41) is 2.65. The van der Waals surface area contributed by atoms with E-state index in [2.05, 4.69) is 23.8 Å². The molecule has 160 valence electrons. The van der Waals surface area contributed by atoms with E-state index in [1.807, 2.05) is 0 Å². The largest absolute Gasteiger partial charge is 0.320 e. The molecule has 0 spiro atoms. The van der Waals surface area contributed by atoms with Crippen LogP contribution in [0.2, 0.25) is 0 Å². The summed E-state index contributed by atoms with van der Waals surface area (Å²) >= 11 is 0. The van der Waals surface area contributed by atoms with Crippen LogP contribution in [-0.2, 0) is 9.59 Å². The van der Waals surface area contributed by atoms with Gasteiger partial charge in [0.25, 0.3) is 5.91 Å². The summed E-state index contributed by atoms with van der Waals surface area (Å²) in [5.74, 6) is -0.986. The first-order chi connectivity index (χ1) is 14.2. The summed E-state index contributed by atoms with van der Waals surface area (Å²) in [5.41, 5.74) is 4.80. The zero-order valence-corrected chi connectivity index (χ0v) is 18.4. The number of nitrogens with zero attached hydrogens (tertiary/aromatic N) is 1. The quantitative estimate of drug-likeness (QED) is 0.343. The number of benzene rings is 1. The van der Waals surface area contributed by atoms with Crippen LogP contribution in [0.25, 0.3) is 0 Å². The zero-order chi connectivity index (χ0) is 22.3. The molecular weight excluding hydrogens is 379 g/mol. The lowest BCUT2D eigenvalue weighted by Crippen LogP contribution is -2.16. The lowest BCUT2D eigenvalue weighted by Gasteiger charge is -2.13. The smallest absolute Gasteiger partial charge is 0.251 e. The van der Waals surface area contributed by atoms with E-state index in [-0.39, 0.29) is 17.4 Å². The summed E-state index contributed by atoms with van der Waals surface area (Å²) in [6.45, 7) is 9.24. The Morgan fingerprint density at radius 2 is 1.90 bits per heavy atom. The highest BCUT2D eigenvalue weighted by Crippen LogP contribution is 2.28. The van der Waals surface area contributed by atoms with Crippen LogP contribution < -0.4 is 5.32 Å². The number of hydrogen-bond acceptors (Lipinski definition) is 3. The fourth-order valence-corrected chi connectivity index (χ4v) is 3.45. The van der Waals surface area contributed by atoms with E-state index in [1.54, 1.807) is 26.1 Å². The Morgan fingerprint density at radius 1 is 1.20 bits per heavy atom. The first-order valence-electron chi connectivity index (χ1n) is 10.4. The van der Waals surface area contributed by atoms with Crippen molar-refractivity contribution >= 4 is 23.1 Å². The minimum Gasteiger partial charge on any atom is -0.320 e. The van der Waals surface area contributed by atoms with Gasteiger partial charge in [-0.25, -0.2) is 4.39 Å². The van der Waals surface area contributed by atoms with Crippen LogP contribution in [0.3, 0.4) is 0 Å². The van der Waals surface area contributed by atoms with Gasteiger partial charge in [-0.2, -0.15) is 0 Å². The van der Waals surface area contributed by atoms with E-state index in [4.69, 9.17) is 0 Å². The molecule has 0 aliphatic heterocycles. The first-order valence-corrected chi connectivity index (χ1v) is 10.4. The fourth-order valence-electron chi connectivity index (χ4n) is 3.45. The molecule has 1 amide bonds. The van der Waals surface area contributed by atoms with Crippen molar-refractivity contribution in [3.05, 3.63) is 64.5 Å². The molecule has 0 atom stereocenters. The van der Waals surface area contributed by atoms with Gasteiger partial charge in [0.05, 0.1) is 11.4 Å². The zero-order valence-electron chi connectivity index (χ0n) is 18.4. The van der Waals surface area contributed by atoms with Crippen molar-refractivity contribution in [3.63, 3.8) is 0 Å². The average molecular weight is 411 g/mol. The number of amides is 1. The molecule has 1 N–H and O–H groups in total. The van der Waals surface area contributed by atoms with Gasteiger partial charge in [0.15, 0.2) is 5.78 Å². The van der Waals surface area contributed by atoms with Crippen molar-refractivity contribution in [2.45, 2.75) is 59.3 Å². The number of carbonyl (C=O) groups excluding carboxylic acids is 2. The number of ketones is 1. The van der Waals surface area contributed by atoms with Crippen molar-refractivity contribution in [2.75, 3.05) is 12.4 Å². The van der Waals surface area contributed by atoms with E-state index in [1.165, 1.54) is 43.0 Å². The number of Topliss-reactive ketones (excluding diaryl/α,β-unsaturated/α-hetero) is 1. The molecule has 0 fully saturated rings. The summed E-state index contributed by atoms with van der Waals surface area (Å²) in [4.78, 5) is 28.4. The highest BCUT2D eigenvalue weighted by atomic mass is 19.1. The van der Waals surface area contributed by atoms with Crippen LogP contribution in [0.1, 0.15) is 64.9 Å². The van der Waals surface area contributed by atoms with Gasteiger partial charge in [-0.1, -0.05) is 24.1 Å².